The maximum atomic E-state index is 15.8. The van der Waals surface area contributed by atoms with Crippen molar-refractivity contribution in [2.75, 3.05) is 37.9 Å². The molecular formula is C29H29F2N7O3. The number of halogens is 2. The summed E-state index contributed by atoms with van der Waals surface area (Å²) in [6, 6.07) is 4.78. The summed E-state index contributed by atoms with van der Waals surface area (Å²) in [4.78, 5) is 35.7. The third kappa shape index (κ3) is 5.04. The first-order valence-electron chi connectivity index (χ1n) is 13.5. The van der Waals surface area contributed by atoms with Crippen LogP contribution < -0.4 is 10.6 Å². The molecule has 3 aromatic heterocycles. The lowest BCUT2D eigenvalue weighted by Crippen LogP contribution is -2.53. The Bertz CT molecular complexity index is 1670. The van der Waals surface area contributed by atoms with Crippen LogP contribution in [0.3, 0.4) is 0 Å². The van der Waals surface area contributed by atoms with Crippen molar-refractivity contribution in [3.8, 4) is 22.8 Å². The van der Waals surface area contributed by atoms with E-state index in [1.54, 1.807) is 12.3 Å². The Morgan fingerprint density at radius 3 is 2.66 bits per heavy atom. The first kappa shape index (κ1) is 26.9. The average Bonchev–Trinajstić information content (AvgIpc) is 3.79. The molecule has 12 heteroatoms. The van der Waals surface area contributed by atoms with E-state index in [1.165, 1.54) is 29.0 Å². The molecule has 212 valence electrons. The monoisotopic (exact) mass is 561 g/mol. The number of pyridine rings is 1. The summed E-state index contributed by atoms with van der Waals surface area (Å²) >= 11 is 0. The molecule has 1 atom stereocenters. The van der Waals surface area contributed by atoms with Crippen LogP contribution in [0.4, 0.5) is 14.6 Å². The van der Waals surface area contributed by atoms with Crippen molar-refractivity contribution < 1.29 is 18.6 Å². The number of ether oxygens (including phenoxy) is 1. The van der Waals surface area contributed by atoms with Crippen LogP contribution in [0.25, 0.3) is 28.1 Å². The second-order valence-corrected chi connectivity index (χ2v) is 10.3. The zero-order valence-corrected chi connectivity index (χ0v) is 22.5. The van der Waals surface area contributed by atoms with E-state index in [9.17, 15) is 14.3 Å². The SMILES string of the molecule is C=CCOCN1CCN(c2nc(=O)n(-c3nccnc3C3CC3)c3nc(-c4c(O)cccc4F)c(F)cc23)[C@@H](C)C1. The Balaban J connectivity index is 1.54. The zero-order valence-electron chi connectivity index (χ0n) is 22.5. The zero-order chi connectivity index (χ0) is 28.7. The van der Waals surface area contributed by atoms with Crippen molar-refractivity contribution in [1.82, 2.24) is 29.4 Å². The molecule has 1 N–H and O–H groups in total. The van der Waals surface area contributed by atoms with Crippen LogP contribution in [-0.4, -0.2) is 73.5 Å². The molecule has 0 radical (unpaired) electrons. The highest BCUT2D eigenvalue weighted by Gasteiger charge is 2.32. The molecule has 0 bridgehead atoms. The lowest BCUT2D eigenvalue weighted by molar-refractivity contribution is 0.0338. The predicted octanol–water partition coefficient (Wildman–Crippen LogP) is 3.77. The van der Waals surface area contributed by atoms with Gasteiger partial charge in [0.1, 0.15) is 23.1 Å². The molecule has 41 heavy (non-hydrogen) atoms. The largest absolute Gasteiger partial charge is 0.507 e. The fraction of sp³-hybridized carbons (Fsp3) is 0.345. The second kappa shape index (κ2) is 10.9. The van der Waals surface area contributed by atoms with Crippen LogP contribution in [0.1, 0.15) is 31.4 Å². The number of rotatable bonds is 8. The van der Waals surface area contributed by atoms with Gasteiger partial charge in [0, 0.05) is 44.0 Å². The van der Waals surface area contributed by atoms with Gasteiger partial charge in [-0.3, -0.25) is 9.88 Å². The Hall–Kier alpha value is -4.29. The van der Waals surface area contributed by atoms with Crippen LogP contribution in [-0.2, 0) is 4.74 Å². The Kier molecular flexibility index (Phi) is 7.18. The minimum absolute atomic E-state index is 0.0467. The summed E-state index contributed by atoms with van der Waals surface area (Å²) in [6.07, 6.45) is 6.52. The van der Waals surface area contributed by atoms with Gasteiger partial charge in [0.15, 0.2) is 17.3 Å². The first-order chi connectivity index (χ1) is 19.9. The number of anilines is 1. The highest BCUT2D eigenvalue weighted by molar-refractivity contribution is 5.90. The number of nitrogens with zero attached hydrogens (tertiary/aromatic N) is 7. The highest BCUT2D eigenvalue weighted by atomic mass is 19.1. The molecule has 4 aromatic rings. The van der Waals surface area contributed by atoms with E-state index in [4.69, 9.17) is 4.74 Å². The minimum Gasteiger partial charge on any atom is -0.507 e. The number of fused-ring (bicyclic) bond motifs is 1. The van der Waals surface area contributed by atoms with Gasteiger partial charge in [-0.1, -0.05) is 12.1 Å². The molecule has 6 rings (SSSR count). The molecule has 1 saturated carbocycles. The van der Waals surface area contributed by atoms with Gasteiger partial charge < -0.3 is 14.7 Å². The summed E-state index contributed by atoms with van der Waals surface area (Å²) in [5, 5.41) is 10.7. The van der Waals surface area contributed by atoms with Crippen molar-refractivity contribution in [2.24, 2.45) is 0 Å². The molecule has 0 unspecified atom stereocenters. The Morgan fingerprint density at radius 2 is 1.93 bits per heavy atom. The molecule has 10 nitrogen and oxygen atoms in total. The molecule has 0 spiro atoms. The minimum atomic E-state index is -0.864. The number of hydrogen-bond donors (Lipinski definition) is 1. The van der Waals surface area contributed by atoms with Crippen LogP contribution in [0.15, 0.2) is 54.1 Å². The fourth-order valence-corrected chi connectivity index (χ4v) is 5.33. The standard InChI is InChI=1S/C29H29F2N7O3/c1-3-13-41-16-36-11-12-37(17(2)15-36)26-19-14-21(31)25(23-20(30)5-4-6-22(23)39)34-27(19)38(29(40)35-26)28-24(18-7-8-18)32-9-10-33-28/h3-6,9-10,14,17-18,39H,1,7-8,11-13,15-16H2,2H3/t17-/m0/s1. The van der Waals surface area contributed by atoms with Gasteiger partial charge in [-0.05, 0) is 38.0 Å². The average molecular weight is 562 g/mol. The van der Waals surface area contributed by atoms with E-state index in [2.05, 4.69) is 31.4 Å². The second-order valence-electron chi connectivity index (χ2n) is 10.3. The van der Waals surface area contributed by atoms with Crippen LogP contribution >= 0.6 is 0 Å². The van der Waals surface area contributed by atoms with Crippen LogP contribution in [0.5, 0.6) is 5.75 Å². The number of piperazine rings is 1. The van der Waals surface area contributed by atoms with E-state index in [-0.39, 0.29) is 34.6 Å². The topological polar surface area (TPSA) is 110 Å². The van der Waals surface area contributed by atoms with Gasteiger partial charge in [0.05, 0.1) is 30.0 Å². The molecule has 4 heterocycles. The number of aromatic hydroxyl groups is 1. The van der Waals surface area contributed by atoms with E-state index in [1.807, 2.05) is 11.8 Å². The normalized spacial score (nSPS) is 17.7. The van der Waals surface area contributed by atoms with Gasteiger partial charge in [-0.25, -0.2) is 28.1 Å². The molecule has 1 aromatic carbocycles. The van der Waals surface area contributed by atoms with Crippen molar-refractivity contribution in [1.29, 1.82) is 0 Å². The molecular weight excluding hydrogens is 532 g/mol. The third-order valence-electron chi connectivity index (χ3n) is 7.41. The maximum Gasteiger partial charge on any atom is 0.357 e. The van der Waals surface area contributed by atoms with Crippen LogP contribution in [0.2, 0.25) is 0 Å². The summed E-state index contributed by atoms with van der Waals surface area (Å²) in [6.45, 7) is 8.27. The van der Waals surface area contributed by atoms with Crippen molar-refractivity contribution >= 4 is 16.9 Å². The summed E-state index contributed by atoms with van der Waals surface area (Å²) < 4.78 is 37.4. The number of phenolic OH excluding ortho intramolecular Hbond substituents is 1. The summed E-state index contributed by atoms with van der Waals surface area (Å²) in [7, 11) is 0. The molecule has 2 fully saturated rings. The van der Waals surface area contributed by atoms with Gasteiger partial charge in [-0.15, -0.1) is 6.58 Å². The van der Waals surface area contributed by atoms with Gasteiger partial charge in [0.2, 0.25) is 0 Å². The van der Waals surface area contributed by atoms with Gasteiger partial charge >= 0.3 is 5.69 Å². The highest BCUT2D eigenvalue weighted by Crippen LogP contribution is 2.41. The summed E-state index contributed by atoms with van der Waals surface area (Å²) in [5.74, 6) is -1.53. The lowest BCUT2D eigenvalue weighted by Gasteiger charge is -2.40. The predicted molar refractivity (Wildman–Crippen MR) is 149 cm³/mol. The van der Waals surface area contributed by atoms with E-state index >= 15 is 4.39 Å². The quantitative estimate of drug-likeness (QED) is 0.254. The van der Waals surface area contributed by atoms with Gasteiger partial charge in [0.25, 0.3) is 0 Å². The molecule has 2 aliphatic rings. The van der Waals surface area contributed by atoms with Crippen molar-refractivity contribution in [3.63, 3.8) is 0 Å². The van der Waals surface area contributed by atoms with E-state index < -0.39 is 34.3 Å². The fourth-order valence-electron chi connectivity index (χ4n) is 5.33. The smallest absolute Gasteiger partial charge is 0.357 e. The van der Waals surface area contributed by atoms with Crippen molar-refractivity contribution in [3.05, 3.63) is 77.1 Å². The first-order valence-corrected chi connectivity index (χ1v) is 13.5. The number of aromatic nitrogens is 5. The Morgan fingerprint density at radius 1 is 1.12 bits per heavy atom. The number of benzene rings is 1. The molecule has 0 amide bonds. The maximum absolute atomic E-state index is 15.8. The third-order valence-corrected chi connectivity index (χ3v) is 7.41. The van der Waals surface area contributed by atoms with Crippen LogP contribution in [0, 0.1) is 11.6 Å². The molecule has 1 aliphatic heterocycles. The Labute approximate surface area is 234 Å². The lowest BCUT2D eigenvalue weighted by atomic mass is 10.1. The van der Waals surface area contributed by atoms with Crippen molar-refractivity contribution in [2.45, 2.75) is 31.7 Å². The molecule has 1 aliphatic carbocycles. The van der Waals surface area contributed by atoms with E-state index in [0.29, 0.717) is 38.7 Å². The number of hydrogen-bond acceptors (Lipinski definition) is 9. The van der Waals surface area contributed by atoms with Gasteiger partial charge in [-0.2, -0.15) is 4.98 Å². The molecule has 1 saturated heterocycles. The summed E-state index contributed by atoms with van der Waals surface area (Å²) in [5.41, 5.74) is -0.819. The van der Waals surface area contributed by atoms with E-state index in [0.717, 1.165) is 18.9 Å². The number of phenols is 1.